The highest BCUT2D eigenvalue weighted by Crippen LogP contribution is 2.48. The number of hydrogen-bond acceptors (Lipinski definition) is 4. The van der Waals surface area contributed by atoms with E-state index in [1.54, 1.807) is 14.2 Å². The zero-order valence-electron chi connectivity index (χ0n) is 14.6. The fourth-order valence-electron chi connectivity index (χ4n) is 4.47. The molecular weight excluding hydrogens is 288 g/mol. The molecule has 0 saturated heterocycles. The average Bonchev–Trinajstić information content (AvgIpc) is 2.59. The molecule has 23 heavy (non-hydrogen) atoms. The van der Waals surface area contributed by atoms with Crippen molar-refractivity contribution in [1.82, 2.24) is 4.98 Å². The minimum atomic E-state index is 0.479. The zero-order chi connectivity index (χ0) is 16.1. The third-order valence-electron chi connectivity index (χ3n) is 5.78. The summed E-state index contributed by atoms with van der Waals surface area (Å²) >= 11 is 0. The average molecular weight is 318 g/mol. The molecule has 0 aromatic carbocycles. The number of methoxy groups -OCH3 is 2. The number of rotatable bonds is 5. The van der Waals surface area contributed by atoms with Crippen LogP contribution >= 0.6 is 0 Å². The maximum atomic E-state index is 5.58. The molecule has 1 spiro atoms. The van der Waals surface area contributed by atoms with Gasteiger partial charge < -0.3 is 14.8 Å². The minimum Gasteiger partial charge on any atom is -0.493 e. The fourth-order valence-corrected chi connectivity index (χ4v) is 4.47. The molecule has 1 N–H and O–H groups in total. The Morgan fingerprint density at radius 3 is 2.52 bits per heavy atom. The molecule has 2 aliphatic carbocycles. The molecule has 4 nitrogen and oxygen atoms in total. The van der Waals surface area contributed by atoms with Gasteiger partial charge in [-0.25, -0.2) is 0 Å². The first-order valence-corrected chi connectivity index (χ1v) is 9.04. The molecule has 1 heterocycles. The van der Waals surface area contributed by atoms with E-state index in [0.29, 0.717) is 18.1 Å². The lowest BCUT2D eigenvalue weighted by atomic mass is 9.64. The van der Waals surface area contributed by atoms with Crippen LogP contribution in [0.15, 0.2) is 12.3 Å². The Balaban J connectivity index is 1.63. The van der Waals surface area contributed by atoms with Gasteiger partial charge in [-0.1, -0.05) is 19.3 Å². The standard InChI is InChI=1S/C19H30N2O2/c1-22-14-17-18(23-2)16(8-13-20-17)21-15-6-11-19(12-7-15)9-4-3-5-10-19/h8,13,15H,3-7,9-12,14H2,1-2H3,(H,20,21). The summed E-state index contributed by atoms with van der Waals surface area (Å²) in [4.78, 5) is 4.37. The number of nitrogens with zero attached hydrogens (tertiary/aromatic N) is 1. The number of hydrogen-bond donors (Lipinski definition) is 1. The SMILES string of the molecule is COCc1nccc(NC2CCC3(CCCCC3)CC2)c1OC. The van der Waals surface area contributed by atoms with Crippen molar-refractivity contribution < 1.29 is 9.47 Å². The monoisotopic (exact) mass is 318 g/mol. The van der Waals surface area contributed by atoms with Crippen molar-refractivity contribution in [3.63, 3.8) is 0 Å². The summed E-state index contributed by atoms with van der Waals surface area (Å²) in [5.74, 6) is 0.826. The van der Waals surface area contributed by atoms with Crippen molar-refractivity contribution in [3.8, 4) is 5.75 Å². The van der Waals surface area contributed by atoms with E-state index in [1.807, 2.05) is 12.3 Å². The summed E-state index contributed by atoms with van der Waals surface area (Å²) in [5, 5.41) is 3.70. The maximum Gasteiger partial charge on any atom is 0.165 e. The number of anilines is 1. The van der Waals surface area contributed by atoms with Crippen LogP contribution in [-0.2, 0) is 11.3 Å². The smallest absolute Gasteiger partial charge is 0.165 e. The molecule has 1 aromatic heterocycles. The zero-order valence-corrected chi connectivity index (χ0v) is 14.6. The highest BCUT2D eigenvalue weighted by Gasteiger charge is 2.36. The van der Waals surface area contributed by atoms with Crippen molar-refractivity contribution in [2.45, 2.75) is 70.4 Å². The van der Waals surface area contributed by atoms with Crippen molar-refractivity contribution in [3.05, 3.63) is 18.0 Å². The van der Waals surface area contributed by atoms with Gasteiger partial charge in [-0.2, -0.15) is 0 Å². The molecule has 4 heteroatoms. The minimum absolute atomic E-state index is 0.479. The fraction of sp³-hybridized carbons (Fsp3) is 0.737. The van der Waals surface area contributed by atoms with E-state index in [4.69, 9.17) is 9.47 Å². The van der Waals surface area contributed by atoms with E-state index in [2.05, 4.69) is 10.3 Å². The van der Waals surface area contributed by atoms with Gasteiger partial charge in [0, 0.05) is 19.3 Å². The highest BCUT2D eigenvalue weighted by molar-refractivity contribution is 5.58. The van der Waals surface area contributed by atoms with Crippen LogP contribution in [-0.4, -0.2) is 25.2 Å². The summed E-state index contributed by atoms with van der Waals surface area (Å²) in [6.45, 7) is 0.479. The summed E-state index contributed by atoms with van der Waals surface area (Å²) in [7, 11) is 3.39. The Hall–Kier alpha value is -1.29. The number of aromatic nitrogens is 1. The van der Waals surface area contributed by atoms with Crippen molar-refractivity contribution in [2.75, 3.05) is 19.5 Å². The Bertz CT molecular complexity index is 502. The van der Waals surface area contributed by atoms with Crippen LogP contribution in [0.3, 0.4) is 0 Å². The number of nitrogens with one attached hydrogen (secondary N) is 1. The molecule has 2 fully saturated rings. The first-order valence-electron chi connectivity index (χ1n) is 9.04. The number of ether oxygens (including phenoxy) is 2. The van der Waals surface area contributed by atoms with Gasteiger partial charge in [0.25, 0.3) is 0 Å². The van der Waals surface area contributed by atoms with Crippen molar-refractivity contribution in [2.24, 2.45) is 5.41 Å². The van der Waals surface area contributed by atoms with Crippen LogP contribution in [0.25, 0.3) is 0 Å². The van der Waals surface area contributed by atoms with Gasteiger partial charge in [0.1, 0.15) is 5.69 Å². The van der Waals surface area contributed by atoms with Crippen molar-refractivity contribution in [1.29, 1.82) is 0 Å². The van der Waals surface area contributed by atoms with Gasteiger partial charge in [0.2, 0.25) is 0 Å². The van der Waals surface area contributed by atoms with Gasteiger partial charge in [0.05, 0.1) is 19.4 Å². The van der Waals surface area contributed by atoms with E-state index < -0.39 is 0 Å². The van der Waals surface area contributed by atoms with Crippen molar-refractivity contribution >= 4 is 5.69 Å². The third-order valence-corrected chi connectivity index (χ3v) is 5.78. The molecule has 0 radical (unpaired) electrons. The van der Waals surface area contributed by atoms with Crippen LogP contribution in [0, 0.1) is 5.41 Å². The third kappa shape index (κ3) is 3.79. The molecule has 3 rings (SSSR count). The van der Waals surface area contributed by atoms with Gasteiger partial charge in [0.15, 0.2) is 5.75 Å². The second-order valence-corrected chi connectivity index (χ2v) is 7.25. The Labute approximate surface area is 140 Å². The second-order valence-electron chi connectivity index (χ2n) is 7.25. The van der Waals surface area contributed by atoms with E-state index >= 15 is 0 Å². The molecule has 128 valence electrons. The maximum absolute atomic E-state index is 5.58. The van der Waals surface area contributed by atoms with Gasteiger partial charge in [-0.15, -0.1) is 0 Å². The van der Waals surface area contributed by atoms with E-state index in [9.17, 15) is 0 Å². The summed E-state index contributed by atoms with van der Waals surface area (Å²) in [6.07, 6.45) is 14.4. The Kier molecular flexibility index (Phi) is 5.42. The van der Waals surface area contributed by atoms with Crippen LogP contribution < -0.4 is 10.1 Å². The molecule has 0 aliphatic heterocycles. The molecule has 2 saturated carbocycles. The second kappa shape index (κ2) is 7.52. The first kappa shape index (κ1) is 16.6. The molecule has 0 unspecified atom stereocenters. The molecular formula is C19H30N2O2. The van der Waals surface area contributed by atoms with Crippen LogP contribution in [0.5, 0.6) is 5.75 Å². The Morgan fingerprint density at radius 1 is 1.13 bits per heavy atom. The van der Waals surface area contributed by atoms with Gasteiger partial charge in [-0.3, -0.25) is 4.98 Å². The predicted octanol–water partition coefficient (Wildman–Crippen LogP) is 4.54. The molecule has 1 aromatic rings. The van der Waals surface area contributed by atoms with Crippen LogP contribution in [0.1, 0.15) is 63.5 Å². The Morgan fingerprint density at radius 2 is 1.87 bits per heavy atom. The van der Waals surface area contributed by atoms with E-state index in [-0.39, 0.29) is 0 Å². The quantitative estimate of drug-likeness (QED) is 0.865. The van der Waals surface area contributed by atoms with E-state index in [0.717, 1.165) is 17.1 Å². The van der Waals surface area contributed by atoms with Crippen LogP contribution in [0.4, 0.5) is 5.69 Å². The van der Waals surface area contributed by atoms with Gasteiger partial charge >= 0.3 is 0 Å². The first-order chi connectivity index (χ1) is 11.3. The predicted molar refractivity (Wildman–Crippen MR) is 92.9 cm³/mol. The summed E-state index contributed by atoms with van der Waals surface area (Å²) in [6, 6.07) is 2.57. The summed E-state index contributed by atoms with van der Waals surface area (Å²) < 4.78 is 10.8. The van der Waals surface area contributed by atoms with Gasteiger partial charge in [-0.05, 0) is 50.0 Å². The molecule has 0 atom stereocenters. The lowest BCUT2D eigenvalue weighted by Crippen LogP contribution is -2.34. The topological polar surface area (TPSA) is 43.4 Å². The van der Waals surface area contributed by atoms with Crippen LogP contribution in [0.2, 0.25) is 0 Å². The van der Waals surface area contributed by atoms with E-state index in [1.165, 1.54) is 57.8 Å². The molecule has 0 amide bonds. The lowest BCUT2D eigenvalue weighted by molar-refractivity contribution is 0.118. The lowest BCUT2D eigenvalue weighted by Gasteiger charge is -2.43. The number of pyridine rings is 1. The molecule has 0 bridgehead atoms. The normalized spacial score (nSPS) is 21.3. The summed E-state index contributed by atoms with van der Waals surface area (Å²) in [5.41, 5.74) is 2.58. The highest BCUT2D eigenvalue weighted by atomic mass is 16.5. The molecule has 2 aliphatic rings. The largest absolute Gasteiger partial charge is 0.493 e.